The molecular formula is C18H23NO2S. The molecule has 22 heavy (non-hydrogen) atoms. The van der Waals surface area contributed by atoms with E-state index in [2.05, 4.69) is 17.5 Å². The van der Waals surface area contributed by atoms with Crippen molar-refractivity contribution in [1.82, 2.24) is 4.90 Å². The first kappa shape index (κ1) is 15.3. The minimum Gasteiger partial charge on any atom is -0.467 e. The Hall–Kier alpha value is -1.55. The molecule has 0 saturated heterocycles. The van der Waals surface area contributed by atoms with Crippen molar-refractivity contribution in [3.63, 3.8) is 0 Å². The SMILES string of the molecule is O=C(C1CCCCC1)N(CCc1cccs1)Cc1ccco1. The molecular weight excluding hydrogens is 294 g/mol. The van der Waals surface area contributed by atoms with Gasteiger partial charge in [-0.25, -0.2) is 0 Å². The van der Waals surface area contributed by atoms with E-state index in [0.29, 0.717) is 12.5 Å². The second-order valence-corrected chi connectivity index (χ2v) is 7.04. The topological polar surface area (TPSA) is 33.5 Å². The quantitative estimate of drug-likeness (QED) is 0.786. The summed E-state index contributed by atoms with van der Waals surface area (Å²) in [5, 5.41) is 2.09. The van der Waals surface area contributed by atoms with E-state index in [1.54, 1.807) is 17.6 Å². The zero-order valence-corrected chi connectivity index (χ0v) is 13.7. The van der Waals surface area contributed by atoms with Crippen LogP contribution >= 0.6 is 11.3 Å². The predicted molar refractivity (Wildman–Crippen MR) is 88.7 cm³/mol. The second-order valence-electron chi connectivity index (χ2n) is 6.00. The van der Waals surface area contributed by atoms with Crippen molar-refractivity contribution in [2.75, 3.05) is 6.54 Å². The van der Waals surface area contributed by atoms with Crippen LogP contribution in [0.2, 0.25) is 0 Å². The maximum atomic E-state index is 12.9. The van der Waals surface area contributed by atoms with Crippen LogP contribution in [-0.2, 0) is 17.8 Å². The van der Waals surface area contributed by atoms with E-state index in [9.17, 15) is 4.79 Å². The number of amides is 1. The van der Waals surface area contributed by atoms with Crippen LogP contribution in [0.15, 0.2) is 40.3 Å². The molecule has 4 heteroatoms. The van der Waals surface area contributed by atoms with E-state index in [1.807, 2.05) is 17.0 Å². The highest BCUT2D eigenvalue weighted by molar-refractivity contribution is 7.09. The van der Waals surface area contributed by atoms with Crippen LogP contribution < -0.4 is 0 Å². The highest BCUT2D eigenvalue weighted by atomic mass is 32.1. The highest BCUT2D eigenvalue weighted by Gasteiger charge is 2.26. The monoisotopic (exact) mass is 317 g/mol. The molecule has 0 radical (unpaired) electrons. The lowest BCUT2D eigenvalue weighted by Gasteiger charge is -2.28. The number of nitrogens with zero attached hydrogens (tertiary/aromatic N) is 1. The molecule has 0 N–H and O–H groups in total. The maximum Gasteiger partial charge on any atom is 0.226 e. The van der Waals surface area contributed by atoms with Gasteiger partial charge in [0, 0.05) is 17.3 Å². The minimum atomic E-state index is 0.215. The Morgan fingerprint density at radius 3 is 2.77 bits per heavy atom. The van der Waals surface area contributed by atoms with Gasteiger partial charge >= 0.3 is 0 Å². The zero-order chi connectivity index (χ0) is 15.2. The molecule has 0 aromatic carbocycles. The molecule has 0 spiro atoms. The molecule has 0 unspecified atom stereocenters. The predicted octanol–water partition coefficient (Wildman–Crippen LogP) is 4.49. The zero-order valence-electron chi connectivity index (χ0n) is 12.9. The van der Waals surface area contributed by atoms with E-state index in [4.69, 9.17) is 4.42 Å². The summed E-state index contributed by atoms with van der Waals surface area (Å²) in [6, 6.07) is 8.05. The third-order valence-corrected chi connectivity index (χ3v) is 5.34. The van der Waals surface area contributed by atoms with Crippen LogP contribution in [0.3, 0.4) is 0 Å². The summed E-state index contributed by atoms with van der Waals surface area (Å²) in [4.78, 5) is 16.2. The van der Waals surface area contributed by atoms with Crippen LogP contribution in [-0.4, -0.2) is 17.4 Å². The van der Waals surface area contributed by atoms with Gasteiger partial charge in [-0.2, -0.15) is 0 Å². The molecule has 2 aromatic rings. The van der Waals surface area contributed by atoms with E-state index >= 15 is 0 Å². The number of hydrogen-bond donors (Lipinski definition) is 0. The maximum absolute atomic E-state index is 12.9. The first-order chi connectivity index (χ1) is 10.8. The summed E-state index contributed by atoms with van der Waals surface area (Å²) >= 11 is 1.76. The Morgan fingerprint density at radius 1 is 1.23 bits per heavy atom. The van der Waals surface area contributed by atoms with Gasteiger partial charge in [-0.3, -0.25) is 4.79 Å². The molecule has 2 aromatic heterocycles. The van der Waals surface area contributed by atoms with Crippen molar-refractivity contribution < 1.29 is 9.21 Å². The fourth-order valence-corrected chi connectivity index (χ4v) is 3.86. The Labute approximate surface area is 135 Å². The second kappa shape index (κ2) is 7.63. The first-order valence-corrected chi connectivity index (χ1v) is 9.04. The average Bonchev–Trinajstić information content (AvgIpc) is 3.25. The van der Waals surface area contributed by atoms with Crippen molar-refractivity contribution >= 4 is 17.2 Å². The van der Waals surface area contributed by atoms with Gasteiger partial charge in [0.2, 0.25) is 5.91 Å². The largest absolute Gasteiger partial charge is 0.467 e. The van der Waals surface area contributed by atoms with Crippen LogP contribution in [0.25, 0.3) is 0 Å². The summed E-state index contributed by atoms with van der Waals surface area (Å²) in [5.74, 6) is 1.40. The van der Waals surface area contributed by atoms with Crippen molar-refractivity contribution in [2.24, 2.45) is 5.92 Å². The molecule has 1 amide bonds. The average molecular weight is 317 g/mol. The van der Waals surface area contributed by atoms with Crippen LogP contribution in [0.5, 0.6) is 0 Å². The van der Waals surface area contributed by atoms with E-state index in [0.717, 1.165) is 31.6 Å². The summed E-state index contributed by atoms with van der Waals surface area (Å²) in [6.07, 6.45) is 8.36. The number of hydrogen-bond acceptors (Lipinski definition) is 3. The fourth-order valence-electron chi connectivity index (χ4n) is 3.17. The fraction of sp³-hybridized carbons (Fsp3) is 0.500. The molecule has 1 saturated carbocycles. The lowest BCUT2D eigenvalue weighted by molar-refractivity contribution is -0.137. The van der Waals surface area contributed by atoms with Crippen LogP contribution in [0.1, 0.15) is 42.7 Å². The lowest BCUT2D eigenvalue weighted by atomic mass is 9.88. The number of carbonyl (C=O) groups excluding carboxylic acids is 1. The summed E-state index contributed by atoms with van der Waals surface area (Å²) in [5.41, 5.74) is 0. The number of rotatable bonds is 6. The Bertz CT molecular complexity index is 556. The van der Waals surface area contributed by atoms with Crippen LogP contribution in [0, 0.1) is 5.92 Å². The molecule has 2 heterocycles. The number of carbonyl (C=O) groups is 1. The third-order valence-electron chi connectivity index (χ3n) is 4.40. The molecule has 1 aliphatic carbocycles. The van der Waals surface area contributed by atoms with Gasteiger partial charge in [-0.15, -0.1) is 11.3 Å². The Morgan fingerprint density at radius 2 is 2.09 bits per heavy atom. The molecule has 1 fully saturated rings. The van der Waals surface area contributed by atoms with E-state index < -0.39 is 0 Å². The van der Waals surface area contributed by atoms with Gasteiger partial charge in [-0.05, 0) is 42.8 Å². The molecule has 118 valence electrons. The molecule has 0 aliphatic heterocycles. The normalized spacial score (nSPS) is 15.8. The lowest BCUT2D eigenvalue weighted by Crippen LogP contribution is -2.37. The van der Waals surface area contributed by atoms with E-state index in [1.165, 1.54) is 24.1 Å². The summed E-state index contributed by atoms with van der Waals surface area (Å²) in [7, 11) is 0. The highest BCUT2D eigenvalue weighted by Crippen LogP contribution is 2.26. The smallest absolute Gasteiger partial charge is 0.226 e. The van der Waals surface area contributed by atoms with E-state index in [-0.39, 0.29) is 5.92 Å². The summed E-state index contributed by atoms with van der Waals surface area (Å²) in [6.45, 7) is 1.37. The first-order valence-electron chi connectivity index (χ1n) is 8.16. The van der Waals surface area contributed by atoms with Gasteiger partial charge in [0.05, 0.1) is 12.8 Å². The number of thiophene rings is 1. The van der Waals surface area contributed by atoms with Crippen molar-refractivity contribution in [3.05, 3.63) is 46.5 Å². The van der Waals surface area contributed by atoms with Gasteiger partial charge in [0.25, 0.3) is 0 Å². The third kappa shape index (κ3) is 4.01. The molecule has 0 atom stereocenters. The van der Waals surface area contributed by atoms with Crippen molar-refractivity contribution in [3.8, 4) is 0 Å². The Kier molecular flexibility index (Phi) is 5.33. The van der Waals surface area contributed by atoms with Gasteiger partial charge in [0.15, 0.2) is 0 Å². The van der Waals surface area contributed by atoms with Crippen LogP contribution in [0.4, 0.5) is 0 Å². The number of furan rings is 1. The van der Waals surface area contributed by atoms with Crippen molar-refractivity contribution in [1.29, 1.82) is 0 Å². The molecule has 3 nitrogen and oxygen atoms in total. The Balaban J connectivity index is 1.65. The van der Waals surface area contributed by atoms with Gasteiger partial charge in [0.1, 0.15) is 5.76 Å². The molecule has 3 rings (SSSR count). The molecule has 1 aliphatic rings. The van der Waals surface area contributed by atoms with Gasteiger partial charge in [-0.1, -0.05) is 25.3 Å². The standard InChI is InChI=1S/C18H23NO2S/c20-18(15-6-2-1-3-7-15)19(14-16-8-4-12-21-16)11-10-17-9-5-13-22-17/h4-5,8-9,12-13,15H,1-3,6-7,10-11,14H2. The van der Waals surface area contributed by atoms with Crippen molar-refractivity contribution in [2.45, 2.75) is 45.1 Å². The minimum absolute atomic E-state index is 0.215. The summed E-state index contributed by atoms with van der Waals surface area (Å²) < 4.78 is 5.45. The van der Waals surface area contributed by atoms with Gasteiger partial charge < -0.3 is 9.32 Å². The molecule has 0 bridgehead atoms.